The first-order valence-corrected chi connectivity index (χ1v) is 12.1. The minimum atomic E-state index is -0.535. The molecule has 1 aromatic carbocycles. The SMILES string of the molecule is C[C@H]1CNC2(CCCC2)C(=O)N1C/C=C/c1ccc2c(c1)CC1(C2)C(=O)Nc2ncccc21. The second-order valence-corrected chi connectivity index (χ2v) is 10.2. The zero-order valence-electron chi connectivity index (χ0n) is 19.1. The van der Waals surface area contributed by atoms with Gasteiger partial charge in [-0.25, -0.2) is 4.98 Å². The van der Waals surface area contributed by atoms with Crippen molar-refractivity contribution in [2.45, 2.75) is 62.4 Å². The molecule has 2 atom stereocenters. The predicted octanol–water partition coefficient (Wildman–Crippen LogP) is 3.22. The molecule has 1 saturated heterocycles. The molecule has 2 amide bonds. The molecule has 1 unspecified atom stereocenters. The summed E-state index contributed by atoms with van der Waals surface area (Å²) >= 11 is 0. The Morgan fingerprint density at radius 1 is 1.15 bits per heavy atom. The van der Waals surface area contributed by atoms with Gasteiger partial charge in [-0.1, -0.05) is 49.3 Å². The molecule has 2 aliphatic heterocycles. The van der Waals surface area contributed by atoms with Crippen LogP contribution in [-0.2, 0) is 27.8 Å². The van der Waals surface area contributed by atoms with Gasteiger partial charge in [-0.2, -0.15) is 0 Å². The summed E-state index contributed by atoms with van der Waals surface area (Å²) in [5.41, 5.74) is 3.72. The number of piperazine rings is 1. The second-order valence-electron chi connectivity index (χ2n) is 10.2. The van der Waals surface area contributed by atoms with Crippen molar-refractivity contribution in [3.05, 3.63) is 64.9 Å². The first kappa shape index (κ1) is 20.6. The van der Waals surface area contributed by atoms with Gasteiger partial charge in [-0.15, -0.1) is 0 Å². The van der Waals surface area contributed by atoms with Crippen molar-refractivity contribution in [2.75, 3.05) is 18.4 Å². The fourth-order valence-electron chi connectivity index (χ4n) is 6.33. The predicted molar refractivity (Wildman–Crippen MR) is 128 cm³/mol. The molecule has 6 rings (SSSR count). The van der Waals surface area contributed by atoms with Crippen LogP contribution in [0.4, 0.5) is 5.82 Å². The van der Waals surface area contributed by atoms with Crippen LogP contribution in [0.15, 0.2) is 42.6 Å². The lowest BCUT2D eigenvalue weighted by Crippen LogP contribution is -2.66. The molecule has 4 aliphatic rings. The van der Waals surface area contributed by atoms with Crippen LogP contribution in [0.1, 0.15) is 54.9 Å². The van der Waals surface area contributed by atoms with Gasteiger partial charge < -0.3 is 15.5 Å². The molecule has 2 spiro atoms. The number of rotatable bonds is 3. The van der Waals surface area contributed by atoms with Gasteiger partial charge in [0.25, 0.3) is 0 Å². The Kier molecular flexibility index (Phi) is 4.70. The average molecular weight is 443 g/mol. The van der Waals surface area contributed by atoms with Crippen LogP contribution in [0.5, 0.6) is 0 Å². The summed E-state index contributed by atoms with van der Waals surface area (Å²) in [6.07, 6.45) is 11.5. The van der Waals surface area contributed by atoms with E-state index < -0.39 is 5.41 Å². The van der Waals surface area contributed by atoms with Crippen LogP contribution < -0.4 is 10.6 Å². The van der Waals surface area contributed by atoms with E-state index in [0.29, 0.717) is 25.2 Å². The van der Waals surface area contributed by atoms with E-state index in [1.54, 1.807) is 6.20 Å². The van der Waals surface area contributed by atoms with Crippen molar-refractivity contribution in [1.82, 2.24) is 15.2 Å². The lowest BCUT2D eigenvalue weighted by Gasteiger charge is -2.44. The van der Waals surface area contributed by atoms with Gasteiger partial charge in [0.1, 0.15) is 5.82 Å². The number of carbonyl (C=O) groups is 2. The van der Waals surface area contributed by atoms with Crippen molar-refractivity contribution < 1.29 is 9.59 Å². The number of aromatic nitrogens is 1. The third-order valence-corrected chi connectivity index (χ3v) is 8.21. The fraction of sp³-hybridized carbons (Fsp3) is 0.444. The van der Waals surface area contributed by atoms with Crippen molar-refractivity contribution in [1.29, 1.82) is 0 Å². The molecule has 0 bridgehead atoms. The van der Waals surface area contributed by atoms with Gasteiger partial charge in [0.15, 0.2) is 0 Å². The highest BCUT2D eigenvalue weighted by Gasteiger charge is 2.51. The standard InChI is InChI=1S/C27H30N4O2/c1-18-17-29-27(10-2-3-11-27)25(33)31(18)13-5-6-19-8-9-20-15-26(16-21(20)14-19)22-7-4-12-28-23(22)30-24(26)32/h4-9,12,14,18,29H,2-3,10-11,13,15-17H2,1H3,(H,28,30,32)/b6-5+/t18-,26?/m0/s1. The van der Waals surface area contributed by atoms with Gasteiger partial charge in [0, 0.05) is 30.9 Å². The number of anilines is 1. The number of pyridine rings is 1. The lowest BCUT2D eigenvalue weighted by molar-refractivity contribution is -0.143. The summed E-state index contributed by atoms with van der Waals surface area (Å²) in [4.78, 5) is 32.5. The number of hydrogen-bond acceptors (Lipinski definition) is 4. The number of carbonyl (C=O) groups excluding carboxylic acids is 2. The van der Waals surface area contributed by atoms with E-state index in [0.717, 1.165) is 43.4 Å². The van der Waals surface area contributed by atoms with Crippen LogP contribution in [0, 0.1) is 0 Å². The maximum absolute atomic E-state index is 13.2. The van der Waals surface area contributed by atoms with Gasteiger partial charge >= 0.3 is 0 Å². The van der Waals surface area contributed by atoms with Crippen molar-refractivity contribution in [3.8, 4) is 0 Å². The molecule has 6 nitrogen and oxygen atoms in total. The van der Waals surface area contributed by atoms with Crippen LogP contribution >= 0.6 is 0 Å². The third-order valence-electron chi connectivity index (χ3n) is 8.21. The smallest absolute Gasteiger partial charge is 0.243 e. The number of amides is 2. The third kappa shape index (κ3) is 3.15. The van der Waals surface area contributed by atoms with Gasteiger partial charge in [0.2, 0.25) is 11.8 Å². The normalized spacial score (nSPS) is 27.5. The Morgan fingerprint density at radius 2 is 1.97 bits per heavy atom. The Bertz CT molecular complexity index is 1170. The highest BCUT2D eigenvalue weighted by molar-refractivity contribution is 6.06. The number of benzene rings is 1. The summed E-state index contributed by atoms with van der Waals surface area (Å²) in [6, 6.07) is 10.6. The van der Waals surface area contributed by atoms with E-state index in [1.807, 2.05) is 17.0 Å². The maximum atomic E-state index is 13.2. The first-order chi connectivity index (χ1) is 16.0. The quantitative estimate of drug-likeness (QED) is 0.766. The molecular formula is C27H30N4O2. The molecule has 2 aromatic rings. The van der Waals surface area contributed by atoms with Crippen molar-refractivity contribution in [2.24, 2.45) is 0 Å². The second kappa shape index (κ2) is 7.52. The van der Waals surface area contributed by atoms with E-state index in [4.69, 9.17) is 0 Å². The van der Waals surface area contributed by atoms with E-state index in [-0.39, 0.29) is 23.4 Å². The number of nitrogens with one attached hydrogen (secondary N) is 2. The van der Waals surface area contributed by atoms with Gasteiger partial charge in [0.05, 0.1) is 11.0 Å². The number of fused-ring (bicyclic) bond motifs is 3. The van der Waals surface area contributed by atoms with Crippen molar-refractivity contribution >= 4 is 23.7 Å². The molecule has 1 aromatic heterocycles. The Labute approximate surface area is 194 Å². The summed E-state index contributed by atoms with van der Waals surface area (Å²) in [7, 11) is 0. The lowest BCUT2D eigenvalue weighted by atomic mass is 9.79. The molecular weight excluding hydrogens is 412 g/mol. The first-order valence-electron chi connectivity index (χ1n) is 12.1. The van der Waals surface area contributed by atoms with E-state index in [2.05, 4.69) is 52.9 Å². The molecule has 2 fully saturated rings. The van der Waals surface area contributed by atoms with Crippen LogP contribution in [0.3, 0.4) is 0 Å². The highest BCUT2D eigenvalue weighted by Crippen LogP contribution is 2.46. The average Bonchev–Trinajstić information content (AvgIpc) is 3.51. The summed E-state index contributed by atoms with van der Waals surface area (Å²) in [5, 5.41) is 6.51. The van der Waals surface area contributed by atoms with Crippen LogP contribution in [0.25, 0.3) is 6.08 Å². The molecule has 2 N–H and O–H groups in total. The van der Waals surface area contributed by atoms with Crippen LogP contribution in [-0.4, -0.2) is 46.4 Å². The largest absolute Gasteiger partial charge is 0.333 e. The van der Waals surface area contributed by atoms with Crippen LogP contribution in [0.2, 0.25) is 0 Å². The summed E-state index contributed by atoms with van der Waals surface area (Å²) < 4.78 is 0. The Hall–Kier alpha value is -2.99. The highest BCUT2D eigenvalue weighted by atomic mass is 16.2. The molecule has 33 heavy (non-hydrogen) atoms. The topological polar surface area (TPSA) is 74.3 Å². The van der Waals surface area contributed by atoms with Crippen molar-refractivity contribution in [3.63, 3.8) is 0 Å². The molecule has 170 valence electrons. The fourth-order valence-corrected chi connectivity index (χ4v) is 6.33. The zero-order chi connectivity index (χ0) is 22.6. The molecule has 6 heteroatoms. The summed E-state index contributed by atoms with van der Waals surface area (Å²) in [6.45, 7) is 3.61. The molecule has 3 heterocycles. The van der Waals surface area contributed by atoms with E-state index in [1.165, 1.54) is 11.1 Å². The molecule has 0 radical (unpaired) electrons. The number of hydrogen-bond donors (Lipinski definition) is 2. The van der Waals surface area contributed by atoms with Gasteiger partial charge in [-0.05, 0) is 55.4 Å². The maximum Gasteiger partial charge on any atom is 0.243 e. The number of nitrogens with zero attached hydrogens (tertiary/aromatic N) is 2. The van der Waals surface area contributed by atoms with E-state index in [9.17, 15) is 9.59 Å². The Balaban J connectivity index is 1.19. The molecule has 1 saturated carbocycles. The van der Waals surface area contributed by atoms with Gasteiger partial charge in [-0.3, -0.25) is 9.59 Å². The summed E-state index contributed by atoms with van der Waals surface area (Å²) in [5.74, 6) is 1.01. The zero-order valence-corrected chi connectivity index (χ0v) is 19.1. The minimum Gasteiger partial charge on any atom is -0.333 e. The minimum absolute atomic E-state index is 0.0524. The molecule has 2 aliphatic carbocycles. The monoisotopic (exact) mass is 442 g/mol. The Morgan fingerprint density at radius 3 is 2.82 bits per heavy atom. The van der Waals surface area contributed by atoms with E-state index >= 15 is 0 Å².